The molecule has 0 saturated carbocycles. The van der Waals surface area contributed by atoms with E-state index in [1.165, 1.54) is 6.33 Å². The van der Waals surface area contributed by atoms with Crippen molar-refractivity contribution >= 4 is 23.2 Å². The minimum Gasteiger partial charge on any atom is -0.497 e. The number of aromatic nitrogens is 2. The van der Waals surface area contributed by atoms with E-state index in [2.05, 4.69) is 9.97 Å². The average Bonchev–Trinajstić information content (AvgIpc) is 2.38. The Hall–Kier alpha value is -1.36. The maximum absolute atomic E-state index is 10.2. The Labute approximate surface area is 114 Å². The van der Waals surface area contributed by atoms with Crippen LogP contribution in [-0.4, -0.2) is 22.2 Å². The van der Waals surface area contributed by atoms with Crippen LogP contribution < -0.4 is 4.74 Å². The van der Waals surface area contributed by atoms with Crippen molar-refractivity contribution in [1.29, 1.82) is 0 Å². The Morgan fingerprint density at radius 3 is 2.17 bits per heavy atom. The monoisotopic (exact) mass is 284 g/mol. The first-order valence-corrected chi connectivity index (χ1v) is 5.87. The second kappa shape index (κ2) is 5.52. The van der Waals surface area contributed by atoms with Crippen molar-refractivity contribution in [2.75, 3.05) is 7.11 Å². The predicted molar refractivity (Wildman–Crippen MR) is 69.1 cm³/mol. The van der Waals surface area contributed by atoms with Crippen LogP contribution in [0.1, 0.15) is 17.2 Å². The molecule has 4 nitrogen and oxygen atoms in total. The van der Waals surface area contributed by atoms with Crippen LogP contribution in [0.15, 0.2) is 30.6 Å². The van der Waals surface area contributed by atoms with E-state index in [0.717, 1.165) is 0 Å². The molecule has 1 heterocycles. The Bertz CT molecular complexity index is 526. The molecule has 1 aromatic carbocycles. The van der Waals surface area contributed by atoms with Crippen LogP contribution in [0, 0.1) is 0 Å². The van der Waals surface area contributed by atoms with Crippen LogP contribution in [0.25, 0.3) is 0 Å². The number of hydrogen-bond donors (Lipinski definition) is 1. The van der Waals surface area contributed by atoms with E-state index in [-0.39, 0.29) is 10.3 Å². The summed E-state index contributed by atoms with van der Waals surface area (Å²) in [6.07, 6.45) is 0.270. The number of benzene rings is 1. The molecule has 2 aromatic rings. The van der Waals surface area contributed by atoms with Gasteiger partial charge in [0.1, 0.15) is 28.5 Å². The molecule has 94 valence electrons. The van der Waals surface area contributed by atoms with Crippen molar-refractivity contribution < 1.29 is 9.84 Å². The van der Waals surface area contributed by atoms with Gasteiger partial charge in [-0.25, -0.2) is 9.97 Å². The summed E-state index contributed by atoms with van der Waals surface area (Å²) in [5.41, 5.74) is 0.931. The number of aliphatic hydroxyl groups is 1. The summed E-state index contributed by atoms with van der Waals surface area (Å²) in [6.45, 7) is 0. The van der Waals surface area contributed by atoms with Gasteiger partial charge in [-0.15, -0.1) is 0 Å². The molecular formula is C12H10Cl2N2O2. The first-order chi connectivity index (χ1) is 8.63. The van der Waals surface area contributed by atoms with Gasteiger partial charge in [0, 0.05) is 0 Å². The van der Waals surface area contributed by atoms with Gasteiger partial charge in [-0.05, 0) is 17.7 Å². The Morgan fingerprint density at radius 1 is 1.11 bits per heavy atom. The van der Waals surface area contributed by atoms with Gasteiger partial charge < -0.3 is 9.84 Å². The predicted octanol–water partition coefficient (Wildman–Crippen LogP) is 2.87. The van der Waals surface area contributed by atoms with Crippen LogP contribution in [0.2, 0.25) is 10.3 Å². The van der Waals surface area contributed by atoms with E-state index in [4.69, 9.17) is 27.9 Å². The Balaban J connectivity index is 2.38. The van der Waals surface area contributed by atoms with Gasteiger partial charge in [0.25, 0.3) is 0 Å². The number of aliphatic hydroxyl groups excluding tert-OH is 1. The summed E-state index contributed by atoms with van der Waals surface area (Å²) in [5, 5.41) is 10.5. The number of hydrogen-bond acceptors (Lipinski definition) is 4. The van der Waals surface area contributed by atoms with E-state index in [0.29, 0.717) is 16.9 Å². The van der Waals surface area contributed by atoms with E-state index in [9.17, 15) is 5.11 Å². The van der Waals surface area contributed by atoms with E-state index in [1.807, 2.05) is 0 Å². The third kappa shape index (κ3) is 2.56. The third-order valence-corrected chi connectivity index (χ3v) is 3.09. The molecule has 0 aliphatic heterocycles. The molecule has 1 aromatic heterocycles. The number of ether oxygens (including phenoxy) is 1. The van der Waals surface area contributed by atoms with Crippen molar-refractivity contribution in [3.8, 4) is 5.75 Å². The van der Waals surface area contributed by atoms with Crippen LogP contribution in [0.3, 0.4) is 0 Å². The Morgan fingerprint density at radius 2 is 1.67 bits per heavy atom. The van der Waals surface area contributed by atoms with Gasteiger partial charge in [0.05, 0.1) is 12.7 Å². The zero-order valence-corrected chi connectivity index (χ0v) is 11.0. The highest BCUT2D eigenvalue weighted by molar-refractivity contribution is 6.34. The topological polar surface area (TPSA) is 55.2 Å². The zero-order valence-electron chi connectivity index (χ0n) is 9.47. The van der Waals surface area contributed by atoms with Crippen LogP contribution >= 0.6 is 23.2 Å². The molecule has 18 heavy (non-hydrogen) atoms. The highest BCUT2D eigenvalue weighted by Crippen LogP contribution is 2.31. The standard InChI is InChI=1S/C12H10Cl2N2O2/c1-18-8-4-2-7(3-5-8)10(17)9-11(13)15-6-16-12(9)14/h2-6,10,17H,1H3/t10-/m0/s1. The fourth-order valence-corrected chi connectivity index (χ4v) is 2.05. The largest absolute Gasteiger partial charge is 0.497 e. The number of nitrogens with zero attached hydrogens (tertiary/aromatic N) is 2. The molecule has 0 radical (unpaired) electrons. The maximum Gasteiger partial charge on any atom is 0.140 e. The molecule has 0 spiro atoms. The molecule has 1 N–H and O–H groups in total. The summed E-state index contributed by atoms with van der Waals surface area (Å²) in [4.78, 5) is 7.61. The van der Waals surface area contributed by atoms with Gasteiger partial charge in [-0.1, -0.05) is 35.3 Å². The molecule has 2 rings (SSSR count). The smallest absolute Gasteiger partial charge is 0.140 e. The summed E-state index contributed by atoms with van der Waals surface area (Å²) < 4.78 is 5.04. The molecule has 0 amide bonds. The molecule has 0 saturated heterocycles. The third-order valence-electron chi connectivity index (χ3n) is 2.49. The van der Waals surface area contributed by atoms with Crippen molar-refractivity contribution in [2.45, 2.75) is 6.10 Å². The van der Waals surface area contributed by atoms with Crippen molar-refractivity contribution in [1.82, 2.24) is 9.97 Å². The average molecular weight is 285 g/mol. The first-order valence-electron chi connectivity index (χ1n) is 5.11. The summed E-state index contributed by atoms with van der Waals surface area (Å²) in [6, 6.07) is 6.93. The second-order valence-electron chi connectivity index (χ2n) is 3.54. The zero-order chi connectivity index (χ0) is 13.1. The lowest BCUT2D eigenvalue weighted by Crippen LogP contribution is -2.03. The SMILES string of the molecule is COc1ccc([C@H](O)c2c(Cl)ncnc2Cl)cc1. The van der Waals surface area contributed by atoms with Crippen LogP contribution in [-0.2, 0) is 0 Å². The van der Waals surface area contributed by atoms with Crippen molar-refractivity contribution in [3.63, 3.8) is 0 Å². The first kappa shape index (κ1) is 13.1. The lowest BCUT2D eigenvalue weighted by molar-refractivity contribution is 0.219. The molecular weight excluding hydrogens is 275 g/mol. The highest BCUT2D eigenvalue weighted by atomic mass is 35.5. The summed E-state index contributed by atoms with van der Waals surface area (Å²) >= 11 is 11.8. The van der Waals surface area contributed by atoms with E-state index >= 15 is 0 Å². The van der Waals surface area contributed by atoms with E-state index in [1.54, 1.807) is 31.4 Å². The molecule has 0 aliphatic rings. The second-order valence-corrected chi connectivity index (χ2v) is 4.26. The lowest BCUT2D eigenvalue weighted by Gasteiger charge is -2.13. The highest BCUT2D eigenvalue weighted by Gasteiger charge is 2.19. The Kier molecular flexibility index (Phi) is 4.01. The van der Waals surface area contributed by atoms with Gasteiger partial charge in [-0.2, -0.15) is 0 Å². The fraction of sp³-hybridized carbons (Fsp3) is 0.167. The number of halogens is 2. The summed E-state index contributed by atoms with van der Waals surface area (Å²) in [7, 11) is 1.57. The maximum atomic E-state index is 10.2. The number of rotatable bonds is 3. The molecule has 0 bridgehead atoms. The van der Waals surface area contributed by atoms with Crippen molar-refractivity contribution in [2.24, 2.45) is 0 Å². The quantitative estimate of drug-likeness (QED) is 0.881. The molecule has 0 fully saturated rings. The van der Waals surface area contributed by atoms with Crippen LogP contribution in [0.4, 0.5) is 0 Å². The minimum atomic E-state index is -0.975. The van der Waals surface area contributed by atoms with Gasteiger partial charge >= 0.3 is 0 Å². The summed E-state index contributed by atoms with van der Waals surface area (Å²) in [5.74, 6) is 0.701. The molecule has 1 atom stereocenters. The fourth-order valence-electron chi connectivity index (χ4n) is 1.53. The van der Waals surface area contributed by atoms with Gasteiger partial charge in [-0.3, -0.25) is 0 Å². The van der Waals surface area contributed by atoms with Crippen LogP contribution in [0.5, 0.6) is 5.75 Å². The van der Waals surface area contributed by atoms with Gasteiger partial charge in [0.2, 0.25) is 0 Å². The normalized spacial score (nSPS) is 12.2. The van der Waals surface area contributed by atoms with Gasteiger partial charge in [0.15, 0.2) is 0 Å². The minimum absolute atomic E-state index is 0.137. The molecule has 0 aliphatic carbocycles. The molecule has 6 heteroatoms. The van der Waals surface area contributed by atoms with Crippen molar-refractivity contribution in [3.05, 3.63) is 52.0 Å². The lowest BCUT2D eigenvalue weighted by atomic mass is 10.0. The number of methoxy groups -OCH3 is 1. The van der Waals surface area contributed by atoms with E-state index < -0.39 is 6.10 Å². The molecule has 0 unspecified atom stereocenters.